The fourth-order valence-corrected chi connectivity index (χ4v) is 2.98. The second-order valence-electron chi connectivity index (χ2n) is 5.92. The van der Waals surface area contributed by atoms with Gasteiger partial charge in [-0.2, -0.15) is 5.10 Å². The summed E-state index contributed by atoms with van der Waals surface area (Å²) >= 11 is 6.33. The maximum absolute atomic E-state index is 12.9. The van der Waals surface area contributed by atoms with Crippen LogP contribution in [-0.2, 0) is 6.54 Å². The van der Waals surface area contributed by atoms with Gasteiger partial charge in [-0.15, -0.1) is 0 Å². The number of nitrogens with zero attached hydrogens (tertiary/aromatic N) is 2. The molecule has 0 saturated heterocycles. The molecule has 0 fully saturated rings. The van der Waals surface area contributed by atoms with Crippen molar-refractivity contribution >= 4 is 17.5 Å². The number of carbonyl (C=O) groups excluding carboxylic acids is 1. The van der Waals surface area contributed by atoms with Crippen LogP contribution in [0.4, 0.5) is 0 Å². The first-order valence-electron chi connectivity index (χ1n) is 8.43. The van der Waals surface area contributed by atoms with E-state index in [1.165, 1.54) is 0 Å². The van der Waals surface area contributed by atoms with Crippen molar-refractivity contribution in [3.63, 3.8) is 0 Å². The van der Waals surface area contributed by atoms with Crippen molar-refractivity contribution in [2.24, 2.45) is 0 Å². The molecule has 0 aliphatic rings. The van der Waals surface area contributed by atoms with Crippen molar-refractivity contribution in [2.75, 3.05) is 0 Å². The molecular formula is C21H16ClN3O2. The summed E-state index contributed by atoms with van der Waals surface area (Å²) in [6.07, 6.45) is 1.57. The van der Waals surface area contributed by atoms with Gasteiger partial charge in [0.15, 0.2) is 5.76 Å². The van der Waals surface area contributed by atoms with E-state index in [2.05, 4.69) is 10.4 Å². The van der Waals surface area contributed by atoms with Gasteiger partial charge in [0.2, 0.25) is 0 Å². The van der Waals surface area contributed by atoms with E-state index in [9.17, 15) is 4.79 Å². The maximum Gasteiger partial charge on any atom is 0.270 e. The predicted octanol–water partition coefficient (Wildman–Crippen LogP) is 4.72. The molecule has 6 heteroatoms. The molecule has 5 nitrogen and oxygen atoms in total. The van der Waals surface area contributed by atoms with Crippen LogP contribution in [0.5, 0.6) is 0 Å². The van der Waals surface area contributed by atoms with Crippen molar-refractivity contribution in [3.8, 4) is 17.1 Å². The first-order chi connectivity index (χ1) is 13.2. The summed E-state index contributed by atoms with van der Waals surface area (Å²) in [5.41, 5.74) is 2.58. The van der Waals surface area contributed by atoms with Crippen molar-refractivity contribution in [3.05, 3.63) is 95.3 Å². The average Bonchev–Trinajstić information content (AvgIpc) is 3.37. The van der Waals surface area contributed by atoms with E-state index in [1.807, 2.05) is 48.5 Å². The van der Waals surface area contributed by atoms with Gasteiger partial charge in [0.05, 0.1) is 17.0 Å². The molecule has 4 aromatic rings. The Morgan fingerprint density at radius 3 is 2.56 bits per heavy atom. The lowest BCUT2D eigenvalue weighted by molar-refractivity contribution is 0.0943. The molecule has 1 N–H and O–H groups in total. The largest absolute Gasteiger partial charge is 0.463 e. The summed E-state index contributed by atoms with van der Waals surface area (Å²) in [5, 5.41) is 7.97. The zero-order valence-electron chi connectivity index (χ0n) is 14.3. The van der Waals surface area contributed by atoms with E-state index in [1.54, 1.807) is 35.2 Å². The number of hydrogen-bond acceptors (Lipinski definition) is 3. The Bertz CT molecular complexity index is 1060. The van der Waals surface area contributed by atoms with Gasteiger partial charge < -0.3 is 9.73 Å². The third-order valence-corrected chi connectivity index (χ3v) is 4.41. The zero-order chi connectivity index (χ0) is 18.6. The number of halogens is 1. The highest BCUT2D eigenvalue weighted by Gasteiger charge is 2.19. The second kappa shape index (κ2) is 7.51. The highest BCUT2D eigenvalue weighted by atomic mass is 35.5. The number of amides is 1. The van der Waals surface area contributed by atoms with Crippen LogP contribution in [0.25, 0.3) is 17.1 Å². The lowest BCUT2D eigenvalue weighted by atomic mass is 10.2. The number of benzene rings is 2. The number of para-hydroxylation sites is 1. The lowest BCUT2D eigenvalue weighted by Crippen LogP contribution is -2.25. The van der Waals surface area contributed by atoms with Crippen LogP contribution >= 0.6 is 11.6 Å². The molecular weight excluding hydrogens is 362 g/mol. The van der Waals surface area contributed by atoms with E-state index in [-0.39, 0.29) is 5.91 Å². The van der Waals surface area contributed by atoms with Gasteiger partial charge >= 0.3 is 0 Å². The van der Waals surface area contributed by atoms with Gasteiger partial charge in [0.25, 0.3) is 5.91 Å². The lowest BCUT2D eigenvalue weighted by Gasteiger charge is -2.09. The smallest absolute Gasteiger partial charge is 0.270 e. The molecule has 2 heterocycles. The number of aromatic nitrogens is 2. The molecule has 2 aromatic heterocycles. The van der Waals surface area contributed by atoms with E-state index in [0.29, 0.717) is 34.4 Å². The normalized spacial score (nSPS) is 10.7. The SMILES string of the molecule is O=C(NCc1ccccc1)c1cc(-c2ccco2)nn1-c1ccccc1Cl. The van der Waals surface area contributed by atoms with Crippen molar-refractivity contribution in [1.29, 1.82) is 0 Å². The Morgan fingerprint density at radius 2 is 1.81 bits per heavy atom. The van der Waals surface area contributed by atoms with Gasteiger partial charge in [-0.1, -0.05) is 54.1 Å². The fraction of sp³-hybridized carbons (Fsp3) is 0.0476. The summed E-state index contributed by atoms with van der Waals surface area (Å²) in [4.78, 5) is 12.9. The Balaban J connectivity index is 1.70. The molecule has 0 bridgehead atoms. The third-order valence-electron chi connectivity index (χ3n) is 4.09. The molecule has 0 radical (unpaired) electrons. The van der Waals surface area contributed by atoms with Crippen LogP contribution in [0.1, 0.15) is 16.1 Å². The highest BCUT2D eigenvalue weighted by Crippen LogP contribution is 2.25. The zero-order valence-corrected chi connectivity index (χ0v) is 15.1. The number of nitrogens with one attached hydrogen (secondary N) is 1. The minimum absolute atomic E-state index is 0.246. The third kappa shape index (κ3) is 3.64. The minimum atomic E-state index is -0.246. The molecule has 0 spiro atoms. The summed E-state index contributed by atoms with van der Waals surface area (Å²) in [5.74, 6) is 0.335. The Morgan fingerprint density at radius 1 is 1.04 bits per heavy atom. The predicted molar refractivity (Wildman–Crippen MR) is 104 cm³/mol. The molecule has 1 amide bonds. The molecule has 0 aliphatic heterocycles. The number of furan rings is 1. The molecule has 0 saturated carbocycles. The van der Waals surface area contributed by atoms with Crippen molar-refractivity contribution < 1.29 is 9.21 Å². The molecule has 0 atom stereocenters. The first-order valence-corrected chi connectivity index (χ1v) is 8.81. The average molecular weight is 378 g/mol. The van der Waals surface area contributed by atoms with E-state index < -0.39 is 0 Å². The quantitative estimate of drug-likeness (QED) is 0.547. The topological polar surface area (TPSA) is 60.1 Å². The Labute approximate surface area is 161 Å². The maximum atomic E-state index is 12.9. The number of carbonyl (C=O) groups is 1. The Hall–Kier alpha value is -3.31. The number of rotatable bonds is 5. The van der Waals surface area contributed by atoms with Crippen LogP contribution in [0, 0.1) is 0 Å². The van der Waals surface area contributed by atoms with E-state index in [4.69, 9.17) is 16.0 Å². The molecule has 2 aromatic carbocycles. The van der Waals surface area contributed by atoms with Crippen LogP contribution in [-0.4, -0.2) is 15.7 Å². The summed E-state index contributed by atoms with van der Waals surface area (Å²) < 4.78 is 6.96. The van der Waals surface area contributed by atoms with Gasteiger partial charge in [0.1, 0.15) is 11.4 Å². The fourth-order valence-electron chi connectivity index (χ4n) is 2.76. The van der Waals surface area contributed by atoms with Crippen molar-refractivity contribution in [2.45, 2.75) is 6.54 Å². The number of hydrogen-bond donors (Lipinski definition) is 1. The standard InChI is InChI=1S/C21H16ClN3O2/c22-16-9-4-5-10-18(16)25-19(13-17(24-25)20-11-6-12-27-20)21(26)23-14-15-7-2-1-3-8-15/h1-13H,14H2,(H,23,26). The van der Waals surface area contributed by atoms with Crippen LogP contribution in [0.2, 0.25) is 5.02 Å². The van der Waals surface area contributed by atoms with Gasteiger partial charge in [-0.3, -0.25) is 4.79 Å². The molecule has 0 unspecified atom stereocenters. The van der Waals surface area contributed by atoms with E-state index >= 15 is 0 Å². The molecule has 27 heavy (non-hydrogen) atoms. The first kappa shape index (κ1) is 17.1. The van der Waals surface area contributed by atoms with Gasteiger partial charge in [-0.25, -0.2) is 4.68 Å². The Kier molecular flexibility index (Phi) is 4.77. The van der Waals surface area contributed by atoms with Crippen LogP contribution < -0.4 is 5.32 Å². The molecule has 4 rings (SSSR count). The summed E-state index contributed by atoms with van der Waals surface area (Å²) in [6.45, 7) is 0.420. The summed E-state index contributed by atoms with van der Waals surface area (Å²) in [7, 11) is 0. The molecule has 134 valence electrons. The monoisotopic (exact) mass is 377 g/mol. The van der Waals surface area contributed by atoms with Crippen molar-refractivity contribution in [1.82, 2.24) is 15.1 Å². The van der Waals surface area contributed by atoms with Gasteiger partial charge in [0, 0.05) is 12.6 Å². The van der Waals surface area contributed by atoms with Crippen LogP contribution in [0.3, 0.4) is 0 Å². The minimum Gasteiger partial charge on any atom is -0.463 e. The second-order valence-corrected chi connectivity index (χ2v) is 6.33. The molecule has 0 aliphatic carbocycles. The summed E-state index contributed by atoms with van der Waals surface area (Å²) in [6, 6.07) is 22.2. The van der Waals surface area contributed by atoms with Crippen LogP contribution in [0.15, 0.2) is 83.5 Å². The van der Waals surface area contributed by atoms with Gasteiger partial charge in [-0.05, 0) is 29.8 Å². The van der Waals surface area contributed by atoms with E-state index in [0.717, 1.165) is 5.56 Å². The highest BCUT2D eigenvalue weighted by molar-refractivity contribution is 6.32.